The first-order valence-corrected chi connectivity index (χ1v) is 7.88. The van der Waals surface area contributed by atoms with Crippen LogP contribution in [0.2, 0.25) is 0 Å². The van der Waals surface area contributed by atoms with E-state index in [2.05, 4.69) is 15.9 Å². The Morgan fingerprint density at radius 1 is 1.05 bits per heavy atom. The Labute approximate surface area is 133 Å². The predicted octanol–water partition coefficient (Wildman–Crippen LogP) is 4.30. The van der Waals surface area contributed by atoms with Crippen LogP contribution in [0.15, 0.2) is 48.5 Å². The highest BCUT2D eigenvalue weighted by atomic mass is 79.9. The van der Waals surface area contributed by atoms with E-state index in [4.69, 9.17) is 9.47 Å². The minimum Gasteiger partial charge on any atom is -0.468 e. The summed E-state index contributed by atoms with van der Waals surface area (Å²) in [6.45, 7) is 0.939. The molecule has 0 aliphatic carbocycles. The Balaban J connectivity index is 1.93. The SMILES string of the molecule is O=Cc1cccc(-c2ccc(OCOCCCBr)cc2)c1. The van der Waals surface area contributed by atoms with Gasteiger partial charge in [-0.2, -0.15) is 0 Å². The number of halogens is 1. The van der Waals surface area contributed by atoms with Gasteiger partial charge in [0.25, 0.3) is 0 Å². The van der Waals surface area contributed by atoms with E-state index in [0.717, 1.165) is 34.9 Å². The van der Waals surface area contributed by atoms with Crippen molar-refractivity contribution in [2.75, 3.05) is 18.7 Å². The van der Waals surface area contributed by atoms with E-state index in [9.17, 15) is 4.79 Å². The predicted molar refractivity (Wildman–Crippen MR) is 87.1 cm³/mol. The Morgan fingerprint density at radius 2 is 1.86 bits per heavy atom. The summed E-state index contributed by atoms with van der Waals surface area (Å²) in [5.74, 6) is 0.768. The number of ether oxygens (including phenoxy) is 2. The first-order valence-electron chi connectivity index (χ1n) is 6.75. The maximum Gasteiger partial charge on any atom is 0.189 e. The van der Waals surface area contributed by atoms with Gasteiger partial charge in [0.2, 0.25) is 0 Å². The molecule has 4 heteroatoms. The highest BCUT2D eigenvalue weighted by molar-refractivity contribution is 9.09. The van der Waals surface area contributed by atoms with Crippen LogP contribution in [0, 0.1) is 0 Å². The van der Waals surface area contributed by atoms with Crippen molar-refractivity contribution in [1.29, 1.82) is 0 Å². The van der Waals surface area contributed by atoms with Gasteiger partial charge in [-0.1, -0.05) is 46.3 Å². The summed E-state index contributed by atoms with van der Waals surface area (Å²) in [7, 11) is 0. The van der Waals surface area contributed by atoms with E-state index in [1.807, 2.05) is 42.5 Å². The van der Waals surface area contributed by atoms with Crippen molar-refractivity contribution < 1.29 is 14.3 Å². The summed E-state index contributed by atoms with van der Waals surface area (Å²) in [4.78, 5) is 10.8. The molecule has 0 bridgehead atoms. The molecule has 0 radical (unpaired) electrons. The highest BCUT2D eigenvalue weighted by Gasteiger charge is 2.00. The summed E-state index contributed by atoms with van der Waals surface area (Å²) in [6.07, 6.45) is 1.82. The minimum atomic E-state index is 0.257. The molecular weight excluding hydrogens is 332 g/mol. The second-order valence-corrected chi connectivity index (χ2v) is 5.27. The van der Waals surface area contributed by atoms with Crippen LogP contribution in [0.1, 0.15) is 16.8 Å². The third kappa shape index (κ3) is 4.99. The highest BCUT2D eigenvalue weighted by Crippen LogP contribution is 2.23. The average molecular weight is 349 g/mol. The molecule has 0 aliphatic rings. The van der Waals surface area contributed by atoms with Gasteiger partial charge >= 0.3 is 0 Å². The van der Waals surface area contributed by atoms with Gasteiger partial charge in [0.1, 0.15) is 12.0 Å². The van der Waals surface area contributed by atoms with Gasteiger partial charge in [0.05, 0.1) is 6.61 Å². The third-order valence-electron chi connectivity index (χ3n) is 2.94. The Kier molecular flexibility index (Phi) is 6.44. The summed E-state index contributed by atoms with van der Waals surface area (Å²) in [5.41, 5.74) is 2.74. The zero-order valence-electron chi connectivity index (χ0n) is 11.6. The standard InChI is InChI=1S/C17H17BrO3/c18-9-2-10-20-13-21-17-7-5-15(6-8-17)16-4-1-3-14(11-16)12-19/h1,3-8,11-12H,2,9-10,13H2. The van der Waals surface area contributed by atoms with Crippen molar-refractivity contribution >= 4 is 22.2 Å². The van der Waals surface area contributed by atoms with Crippen molar-refractivity contribution in [2.45, 2.75) is 6.42 Å². The van der Waals surface area contributed by atoms with Crippen LogP contribution in [0.25, 0.3) is 11.1 Å². The zero-order chi connectivity index (χ0) is 14.9. The number of aldehydes is 1. The molecule has 0 aromatic heterocycles. The molecule has 0 heterocycles. The Morgan fingerprint density at radius 3 is 2.57 bits per heavy atom. The van der Waals surface area contributed by atoms with Gasteiger partial charge in [-0.15, -0.1) is 0 Å². The zero-order valence-corrected chi connectivity index (χ0v) is 13.2. The molecule has 0 aliphatic heterocycles. The maximum atomic E-state index is 10.8. The van der Waals surface area contributed by atoms with Crippen molar-refractivity contribution in [3.63, 3.8) is 0 Å². The summed E-state index contributed by atoms with van der Waals surface area (Å²) >= 11 is 3.34. The lowest BCUT2D eigenvalue weighted by Crippen LogP contribution is -2.04. The molecule has 2 rings (SSSR count). The first kappa shape index (κ1) is 15.7. The van der Waals surface area contributed by atoms with Crippen LogP contribution < -0.4 is 4.74 Å². The van der Waals surface area contributed by atoms with Crippen LogP contribution in [0.3, 0.4) is 0 Å². The molecule has 0 saturated heterocycles. The van der Waals surface area contributed by atoms with Gasteiger partial charge in [0, 0.05) is 10.9 Å². The van der Waals surface area contributed by atoms with Gasteiger partial charge in [-0.25, -0.2) is 0 Å². The fourth-order valence-corrected chi connectivity index (χ4v) is 2.09. The van der Waals surface area contributed by atoms with E-state index in [1.165, 1.54) is 0 Å². The monoisotopic (exact) mass is 348 g/mol. The van der Waals surface area contributed by atoms with E-state index in [0.29, 0.717) is 12.2 Å². The van der Waals surface area contributed by atoms with Gasteiger partial charge < -0.3 is 9.47 Å². The summed E-state index contributed by atoms with van der Waals surface area (Å²) in [6, 6.07) is 15.3. The molecular formula is C17H17BrO3. The molecule has 0 fully saturated rings. The molecule has 0 saturated carbocycles. The first-order chi connectivity index (χ1) is 10.3. The molecule has 2 aromatic carbocycles. The number of alkyl halides is 1. The molecule has 0 atom stereocenters. The maximum absolute atomic E-state index is 10.8. The molecule has 3 nitrogen and oxygen atoms in total. The van der Waals surface area contributed by atoms with Crippen LogP contribution in [-0.4, -0.2) is 25.0 Å². The topological polar surface area (TPSA) is 35.5 Å². The fourth-order valence-electron chi connectivity index (χ4n) is 1.86. The normalized spacial score (nSPS) is 10.3. The molecule has 0 amide bonds. The molecule has 21 heavy (non-hydrogen) atoms. The van der Waals surface area contributed by atoms with Gasteiger partial charge in [-0.3, -0.25) is 4.79 Å². The number of hydrogen-bond donors (Lipinski definition) is 0. The fraction of sp³-hybridized carbons (Fsp3) is 0.235. The molecule has 0 unspecified atom stereocenters. The van der Waals surface area contributed by atoms with Crippen LogP contribution in [-0.2, 0) is 4.74 Å². The van der Waals surface area contributed by atoms with E-state index < -0.39 is 0 Å². The van der Waals surface area contributed by atoms with E-state index in [-0.39, 0.29) is 6.79 Å². The van der Waals surface area contributed by atoms with Gasteiger partial charge in [-0.05, 0) is 35.7 Å². The minimum absolute atomic E-state index is 0.257. The van der Waals surface area contributed by atoms with Crippen LogP contribution >= 0.6 is 15.9 Å². The molecule has 0 N–H and O–H groups in total. The summed E-state index contributed by atoms with van der Waals surface area (Å²) in [5, 5.41) is 0.932. The quantitative estimate of drug-likeness (QED) is 0.308. The van der Waals surface area contributed by atoms with Gasteiger partial charge in [0.15, 0.2) is 6.79 Å². The molecule has 2 aromatic rings. The van der Waals surface area contributed by atoms with Crippen molar-refractivity contribution in [1.82, 2.24) is 0 Å². The van der Waals surface area contributed by atoms with Crippen molar-refractivity contribution in [2.24, 2.45) is 0 Å². The lowest BCUT2D eigenvalue weighted by atomic mass is 10.0. The largest absolute Gasteiger partial charge is 0.468 e. The third-order valence-corrected chi connectivity index (χ3v) is 3.50. The lowest BCUT2D eigenvalue weighted by Gasteiger charge is -2.08. The number of rotatable bonds is 8. The Bertz CT molecular complexity index is 567. The van der Waals surface area contributed by atoms with Crippen LogP contribution in [0.5, 0.6) is 5.75 Å². The van der Waals surface area contributed by atoms with E-state index in [1.54, 1.807) is 6.07 Å². The van der Waals surface area contributed by atoms with E-state index >= 15 is 0 Å². The molecule has 0 spiro atoms. The number of hydrogen-bond acceptors (Lipinski definition) is 3. The smallest absolute Gasteiger partial charge is 0.189 e. The number of carbonyl (C=O) groups excluding carboxylic acids is 1. The van der Waals surface area contributed by atoms with Crippen molar-refractivity contribution in [3.8, 4) is 16.9 Å². The Hall–Kier alpha value is -1.65. The lowest BCUT2D eigenvalue weighted by molar-refractivity contribution is 0.0161. The second kappa shape index (κ2) is 8.60. The van der Waals surface area contributed by atoms with Crippen LogP contribution in [0.4, 0.5) is 0 Å². The number of benzene rings is 2. The summed E-state index contributed by atoms with van der Waals surface area (Å²) < 4.78 is 10.8. The van der Waals surface area contributed by atoms with Crippen molar-refractivity contribution in [3.05, 3.63) is 54.1 Å². The number of carbonyl (C=O) groups is 1. The molecule has 110 valence electrons. The second-order valence-electron chi connectivity index (χ2n) is 4.48. The average Bonchev–Trinajstić information content (AvgIpc) is 2.55.